The van der Waals surface area contributed by atoms with Crippen LogP contribution in [0.2, 0.25) is 0 Å². The molecule has 0 atom stereocenters. The summed E-state index contributed by atoms with van der Waals surface area (Å²) >= 11 is 0. The van der Waals surface area contributed by atoms with Crippen molar-refractivity contribution in [3.63, 3.8) is 0 Å². The van der Waals surface area contributed by atoms with Crippen molar-refractivity contribution in [2.24, 2.45) is 0 Å². The van der Waals surface area contributed by atoms with Crippen LogP contribution in [0.1, 0.15) is 5.56 Å². The number of carbonyl (C=O) groups excluding carboxylic acids is 1. The molecule has 3 aromatic rings. The van der Waals surface area contributed by atoms with Crippen molar-refractivity contribution in [2.75, 3.05) is 5.32 Å². The first-order valence-corrected chi connectivity index (χ1v) is 7.23. The van der Waals surface area contributed by atoms with Crippen LogP contribution >= 0.6 is 0 Å². The van der Waals surface area contributed by atoms with Crippen LogP contribution in [0, 0.1) is 6.92 Å². The lowest BCUT2D eigenvalue weighted by molar-refractivity contribution is -0.167. The number of aromatic nitrogens is 2. The molecule has 0 saturated carbocycles. The lowest BCUT2D eigenvalue weighted by Crippen LogP contribution is -2.29. The number of carbonyl (C=O) groups is 1. The summed E-state index contributed by atoms with van der Waals surface area (Å²) in [5.41, 5.74) is 2.09. The summed E-state index contributed by atoms with van der Waals surface area (Å²) in [6.07, 6.45) is -4.96. The van der Waals surface area contributed by atoms with Gasteiger partial charge in [-0.15, -0.1) is 10.2 Å². The van der Waals surface area contributed by atoms with E-state index in [0.717, 1.165) is 11.1 Å². The fourth-order valence-corrected chi connectivity index (χ4v) is 2.19. The standard InChI is InChI=1S/C17H12F3N3O2/c1-10-5-2-3-8-13(10)15-23-22-14(25-15)11-6-4-7-12(9-11)21-16(24)17(18,19)20/h2-9H,1H3,(H,21,24). The van der Waals surface area contributed by atoms with Crippen LogP contribution in [0.4, 0.5) is 18.9 Å². The molecule has 1 heterocycles. The summed E-state index contributed by atoms with van der Waals surface area (Å²) in [5.74, 6) is -1.60. The highest BCUT2D eigenvalue weighted by Crippen LogP contribution is 2.27. The van der Waals surface area contributed by atoms with Crippen LogP contribution in [0.15, 0.2) is 52.9 Å². The Balaban J connectivity index is 1.87. The zero-order valence-corrected chi connectivity index (χ0v) is 13.0. The van der Waals surface area contributed by atoms with Crippen molar-refractivity contribution < 1.29 is 22.4 Å². The molecule has 8 heteroatoms. The molecule has 0 radical (unpaired) electrons. The summed E-state index contributed by atoms with van der Waals surface area (Å²) in [6.45, 7) is 1.90. The van der Waals surface area contributed by atoms with Gasteiger partial charge in [0.1, 0.15) is 0 Å². The van der Waals surface area contributed by atoms with Crippen molar-refractivity contribution in [3.05, 3.63) is 54.1 Å². The number of rotatable bonds is 3. The van der Waals surface area contributed by atoms with E-state index >= 15 is 0 Å². The molecule has 0 bridgehead atoms. The van der Waals surface area contributed by atoms with Gasteiger partial charge in [-0.05, 0) is 36.8 Å². The number of aryl methyl sites for hydroxylation is 1. The number of hydrogen-bond donors (Lipinski definition) is 1. The third-order valence-corrected chi connectivity index (χ3v) is 3.43. The molecule has 3 rings (SSSR count). The first-order valence-electron chi connectivity index (χ1n) is 7.23. The van der Waals surface area contributed by atoms with E-state index in [2.05, 4.69) is 10.2 Å². The summed E-state index contributed by atoms with van der Waals surface area (Å²) in [4.78, 5) is 11.0. The Labute approximate surface area is 140 Å². The van der Waals surface area contributed by atoms with E-state index < -0.39 is 12.1 Å². The maximum absolute atomic E-state index is 12.3. The second kappa shape index (κ2) is 6.39. The second-order valence-corrected chi connectivity index (χ2v) is 5.26. The SMILES string of the molecule is Cc1ccccc1-c1nnc(-c2cccc(NC(=O)C(F)(F)F)c2)o1. The average Bonchev–Trinajstić information content (AvgIpc) is 3.04. The van der Waals surface area contributed by atoms with Gasteiger partial charge in [0.25, 0.3) is 0 Å². The van der Waals surface area contributed by atoms with Crippen molar-refractivity contribution >= 4 is 11.6 Å². The number of nitrogens with zero attached hydrogens (tertiary/aromatic N) is 2. The van der Waals surface area contributed by atoms with Gasteiger partial charge in [0, 0.05) is 16.8 Å². The number of halogens is 3. The monoisotopic (exact) mass is 347 g/mol. The Morgan fingerprint density at radius 3 is 2.48 bits per heavy atom. The Hall–Kier alpha value is -3.16. The van der Waals surface area contributed by atoms with Crippen LogP contribution < -0.4 is 5.32 Å². The molecule has 0 unspecified atom stereocenters. The summed E-state index contributed by atoms with van der Waals surface area (Å²) in [6, 6.07) is 13.2. The lowest BCUT2D eigenvalue weighted by Gasteiger charge is -2.08. The largest absolute Gasteiger partial charge is 0.471 e. The van der Waals surface area contributed by atoms with Crippen LogP contribution in [-0.2, 0) is 4.79 Å². The zero-order chi connectivity index (χ0) is 18.0. The molecule has 0 aliphatic carbocycles. The number of amides is 1. The second-order valence-electron chi connectivity index (χ2n) is 5.26. The summed E-state index contributed by atoms with van der Waals surface area (Å²) in [7, 11) is 0. The van der Waals surface area contributed by atoms with E-state index in [1.165, 1.54) is 18.2 Å². The molecule has 0 aliphatic heterocycles. The lowest BCUT2D eigenvalue weighted by atomic mass is 10.1. The molecule has 1 amide bonds. The Kier molecular flexibility index (Phi) is 4.26. The van der Waals surface area contributed by atoms with E-state index in [1.54, 1.807) is 11.4 Å². The topological polar surface area (TPSA) is 68.0 Å². The quantitative estimate of drug-likeness (QED) is 0.770. The van der Waals surface area contributed by atoms with Gasteiger partial charge >= 0.3 is 12.1 Å². The van der Waals surface area contributed by atoms with E-state index in [0.29, 0.717) is 11.5 Å². The fraction of sp³-hybridized carbons (Fsp3) is 0.118. The van der Waals surface area contributed by atoms with Gasteiger partial charge in [-0.25, -0.2) is 0 Å². The molecule has 1 aromatic heterocycles. The van der Waals surface area contributed by atoms with Crippen LogP contribution in [0.3, 0.4) is 0 Å². The average molecular weight is 347 g/mol. The van der Waals surface area contributed by atoms with Gasteiger partial charge in [0.2, 0.25) is 11.8 Å². The van der Waals surface area contributed by atoms with Crippen molar-refractivity contribution in [1.29, 1.82) is 0 Å². The van der Waals surface area contributed by atoms with Gasteiger partial charge in [0.05, 0.1) is 0 Å². The highest BCUT2D eigenvalue weighted by atomic mass is 19.4. The maximum Gasteiger partial charge on any atom is 0.471 e. The minimum atomic E-state index is -4.96. The number of nitrogens with one attached hydrogen (secondary N) is 1. The molecule has 128 valence electrons. The van der Waals surface area contributed by atoms with E-state index in [-0.39, 0.29) is 11.6 Å². The van der Waals surface area contributed by atoms with Gasteiger partial charge in [-0.1, -0.05) is 24.3 Å². The number of benzene rings is 2. The normalized spacial score (nSPS) is 11.4. The maximum atomic E-state index is 12.3. The first-order chi connectivity index (χ1) is 11.8. The molecule has 5 nitrogen and oxygen atoms in total. The number of anilines is 1. The van der Waals surface area contributed by atoms with E-state index in [1.807, 2.05) is 31.2 Å². The molecular formula is C17H12F3N3O2. The smallest absolute Gasteiger partial charge is 0.416 e. The van der Waals surface area contributed by atoms with Crippen LogP contribution in [-0.4, -0.2) is 22.3 Å². The molecule has 0 saturated heterocycles. The zero-order valence-electron chi connectivity index (χ0n) is 13.0. The first kappa shape index (κ1) is 16.7. The van der Waals surface area contributed by atoms with Crippen molar-refractivity contribution in [1.82, 2.24) is 10.2 Å². The van der Waals surface area contributed by atoms with Crippen LogP contribution in [0.25, 0.3) is 22.9 Å². The van der Waals surface area contributed by atoms with E-state index in [9.17, 15) is 18.0 Å². The Morgan fingerprint density at radius 2 is 1.76 bits per heavy atom. The molecule has 1 N–H and O–H groups in total. The number of alkyl halides is 3. The minimum Gasteiger partial charge on any atom is -0.416 e. The van der Waals surface area contributed by atoms with Gasteiger partial charge < -0.3 is 9.73 Å². The highest BCUT2D eigenvalue weighted by molar-refractivity contribution is 5.95. The van der Waals surface area contributed by atoms with Crippen LogP contribution in [0.5, 0.6) is 0 Å². The predicted octanol–water partition coefficient (Wildman–Crippen LogP) is 4.21. The number of hydrogen-bond acceptors (Lipinski definition) is 4. The molecular weight excluding hydrogens is 335 g/mol. The summed E-state index contributed by atoms with van der Waals surface area (Å²) in [5, 5.41) is 9.68. The molecule has 25 heavy (non-hydrogen) atoms. The fourth-order valence-electron chi connectivity index (χ4n) is 2.19. The third-order valence-electron chi connectivity index (χ3n) is 3.43. The Bertz CT molecular complexity index is 919. The minimum absolute atomic E-state index is 0.0181. The van der Waals surface area contributed by atoms with Gasteiger partial charge in [-0.2, -0.15) is 13.2 Å². The van der Waals surface area contributed by atoms with Crippen molar-refractivity contribution in [3.8, 4) is 22.9 Å². The molecule has 2 aromatic carbocycles. The predicted molar refractivity (Wildman–Crippen MR) is 84.6 cm³/mol. The van der Waals surface area contributed by atoms with E-state index in [4.69, 9.17) is 4.42 Å². The van der Waals surface area contributed by atoms with Gasteiger partial charge in [0.15, 0.2) is 0 Å². The molecule has 0 aliphatic rings. The highest BCUT2D eigenvalue weighted by Gasteiger charge is 2.38. The van der Waals surface area contributed by atoms with Crippen molar-refractivity contribution in [2.45, 2.75) is 13.1 Å². The van der Waals surface area contributed by atoms with Gasteiger partial charge in [-0.3, -0.25) is 4.79 Å². The molecule has 0 fully saturated rings. The molecule has 0 spiro atoms. The summed E-state index contributed by atoms with van der Waals surface area (Å²) < 4.78 is 42.6. The third kappa shape index (κ3) is 3.68. The Morgan fingerprint density at radius 1 is 1.04 bits per heavy atom.